The lowest BCUT2D eigenvalue weighted by molar-refractivity contribution is -0.138. The van der Waals surface area contributed by atoms with Gasteiger partial charge in [0, 0.05) is 19.1 Å². The van der Waals surface area contributed by atoms with Crippen LogP contribution in [-0.2, 0) is 6.18 Å². The fourth-order valence-electron chi connectivity index (χ4n) is 2.36. The smallest absolute Gasteiger partial charge is 0.342 e. The maximum Gasteiger partial charge on any atom is 0.445 e. The number of anilines is 1. The van der Waals surface area contributed by atoms with Gasteiger partial charge in [-0.3, -0.25) is 0 Å². The largest absolute Gasteiger partial charge is 0.445 e. The summed E-state index contributed by atoms with van der Waals surface area (Å²) in [5, 5.41) is 9.87. The zero-order valence-corrected chi connectivity index (χ0v) is 12.2. The van der Waals surface area contributed by atoms with Gasteiger partial charge in [-0.15, -0.1) is 10.2 Å². The van der Waals surface area contributed by atoms with Crippen molar-refractivity contribution >= 4 is 16.5 Å². The second-order valence-electron chi connectivity index (χ2n) is 4.93. The molecule has 1 N–H and O–H groups in total. The highest BCUT2D eigenvalue weighted by molar-refractivity contribution is 7.15. The van der Waals surface area contributed by atoms with Crippen LogP contribution in [-0.4, -0.2) is 35.9 Å². The predicted molar refractivity (Wildman–Crippen MR) is 73.1 cm³/mol. The number of nitrogens with one attached hydrogen (secondary N) is 1. The van der Waals surface area contributed by atoms with E-state index in [9.17, 15) is 13.2 Å². The van der Waals surface area contributed by atoms with Crippen molar-refractivity contribution in [1.82, 2.24) is 15.5 Å². The highest BCUT2D eigenvalue weighted by Crippen LogP contribution is 2.35. The minimum absolute atomic E-state index is 0.212. The first-order chi connectivity index (χ1) is 9.52. The Morgan fingerprint density at radius 3 is 2.80 bits per heavy atom. The summed E-state index contributed by atoms with van der Waals surface area (Å²) >= 11 is 0.640. The summed E-state index contributed by atoms with van der Waals surface area (Å²) in [7, 11) is 0. The summed E-state index contributed by atoms with van der Waals surface area (Å²) < 4.78 is 37.8. The van der Waals surface area contributed by atoms with Crippen molar-refractivity contribution < 1.29 is 13.2 Å². The Kier molecular flexibility index (Phi) is 5.20. The van der Waals surface area contributed by atoms with Crippen LogP contribution < -0.4 is 10.2 Å². The molecule has 0 amide bonds. The molecule has 0 radical (unpaired) electrons. The molecule has 1 fully saturated rings. The van der Waals surface area contributed by atoms with E-state index in [1.165, 1.54) is 0 Å². The van der Waals surface area contributed by atoms with E-state index in [1.807, 2.05) is 4.90 Å². The summed E-state index contributed by atoms with van der Waals surface area (Å²) in [4.78, 5) is 1.97. The number of rotatable bonds is 5. The summed E-state index contributed by atoms with van der Waals surface area (Å²) in [6.45, 7) is 4.56. The van der Waals surface area contributed by atoms with Crippen LogP contribution in [0.1, 0.15) is 37.6 Å². The average molecular weight is 308 g/mol. The zero-order valence-electron chi connectivity index (χ0n) is 11.4. The van der Waals surface area contributed by atoms with Crippen molar-refractivity contribution in [2.75, 3.05) is 24.5 Å². The minimum atomic E-state index is -4.40. The molecule has 1 atom stereocenters. The fraction of sp³-hybridized carbons (Fsp3) is 0.833. The third kappa shape index (κ3) is 3.82. The molecule has 0 spiro atoms. The van der Waals surface area contributed by atoms with Crippen molar-refractivity contribution in [2.45, 2.75) is 44.8 Å². The molecule has 0 aromatic carbocycles. The first-order valence-electron chi connectivity index (χ1n) is 6.90. The molecule has 1 aliphatic rings. The van der Waals surface area contributed by atoms with E-state index < -0.39 is 11.2 Å². The molecule has 1 aromatic heterocycles. The summed E-state index contributed by atoms with van der Waals surface area (Å²) in [6, 6.07) is 0.212. The van der Waals surface area contributed by atoms with Gasteiger partial charge in [0.1, 0.15) is 0 Å². The molecule has 1 aromatic rings. The molecule has 1 aliphatic heterocycles. The van der Waals surface area contributed by atoms with Crippen LogP contribution in [0.2, 0.25) is 0 Å². The lowest BCUT2D eigenvalue weighted by Gasteiger charge is -2.35. The maximum absolute atomic E-state index is 12.6. The van der Waals surface area contributed by atoms with Gasteiger partial charge in [-0.1, -0.05) is 18.3 Å². The molecule has 8 heteroatoms. The van der Waals surface area contributed by atoms with Gasteiger partial charge in [0.25, 0.3) is 0 Å². The lowest BCUT2D eigenvalue weighted by atomic mass is 10.0. The summed E-state index contributed by atoms with van der Waals surface area (Å²) in [5.74, 6) is 0. The van der Waals surface area contributed by atoms with E-state index in [1.54, 1.807) is 0 Å². The van der Waals surface area contributed by atoms with Crippen LogP contribution in [0.3, 0.4) is 0 Å². The molecule has 0 aliphatic carbocycles. The highest BCUT2D eigenvalue weighted by atomic mass is 32.1. The topological polar surface area (TPSA) is 41.0 Å². The van der Waals surface area contributed by atoms with E-state index in [0.29, 0.717) is 16.5 Å². The zero-order chi connectivity index (χ0) is 14.6. The molecular formula is C12H19F3N4S. The Bertz CT molecular complexity index is 421. The Hall–Kier alpha value is -0.890. The quantitative estimate of drug-likeness (QED) is 0.849. The third-order valence-electron chi connectivity index (χ3n) is 3.34. The SMILES string of the molecule is CCCNCC1CCCCN1c1nnc(C(F)(F)F)s1. The predicted octanol–water partition coefficient (Wildman–Crippen LogP) is 2.92. The van der Waals surface area contributed by atoms with Crippen molar-refractivity contribution in [1.29, 1.82) is 0 Å². The number of halogens is 3. The highest BCUT2D eigenvalue weighted by Gasteiger charge is 2.37. The first kappa shape index (κ1) is 15.5. The lowest BCUT2D eigenvalue weighted by Crippen LogP contribution is -2.45. The number of hydrogen-bond donors (Lipinski definition) is 1. The van der Waals surface area contributed by atoms with Gasteiger partial charge in [0.15, 0.2) is 0 Å². The van der Waals surface area contributed by atoms with Crippen LogP contribution in [0.5, 0.6) is 0 Å². The van der Waals surface area contributed by atoms with E-state index in [-0.39, 0.29) is 6.04 Å². The van der Waals surface area contributed by atoms with E-state index in [0.717, 1.165) is 45.3 Å². The van der Waals surface area contributed by atoms with Crippen LogP contribution in [0.15, 0.2) is 0 Å². The number of hydrogen-bond acceptors (Lipinski definition) is 5. The Morgan fingerprint density at radius 1 is 1.35 bits per heavy atom. The molecule has 0 saturated carbocycles. The molecule has 0 bridgehead atoms. The van der Waals surface area contributed by atoms with Crippen molar-refractivity contribution in [2.24, 2.45) is 0 Å². The van der Waals surface area contributed by atoms with E-state index in [2.05, 4.69) is 22.4 Å². The van der Waals surface area contributed by atoms with Gasteiger partial charge in [-0.25, -0.2) is 0 Å². The van der Waals surface area contributed by atoms with Crippen LogP contribution in [0.4, 0.5) is 18.3 Å². The van der Waals surface area contributed by atoms with E-state index >= 15 is 0 Å². The van der Waals surface area contributed by atoms with E-state index in [4.69, 9.17) is 0 Å². The Morgan fingerprint density at radius 2 is 2.15 bits per heavy atom. The Labute approximate surface area is 120 Å². The van der Waals surface area contributed by atoms with Gasteiger partial charge in [-0.05, 0) is 32.2 Å². The standard InChI is InChI=1S/C12H19F3N4S/c1-2-6-16-8-9-5-3-4-7-19(9)11-18-17-10(20-11)12(13,14)15/h9,16H,2-8H2,1H3. The molecule has 114 valence electrons. The molecule has 1 unspecified atom stereocenters. The van der Waals surface area contributed by atoms with Crippen molar-refractivity contribution in [3.8, 4) is 0 Å². The van der Waals surface area contributed by atoms with Crippen LogP contribution >= 0.6 is 11.3 Å². The minimum Gasteiger partial charge on any atom is -0.342 e. The molecule has 4 nitrogen and oxygen atoms in total. The third-order valence-corrected chi connectivity index (χ3v) is 4.34. The van der Waals surface area contributed by atoms with Gasteiger partial charge >= 0.3 is 6.18 Å². The molecule has 2 rings (SSSR count). The van der Waals surface area contributed by atoms with Gasteiger partial charge in [0.2, 0.25) is 10.1 Å². The number of piperidine rings is 1. The maximum atomic E-state index is 12.6. The van der Waals surface area contributed by atoms with Gasteiger partial charge in [0.05, 0.1) is 0 Å². The average Bonchev–Trinajstić information content (AvgIpc) is 2.89. The molecular weight excluding hydrogens is 289 g/mol. The normalized spacial score (nSPS) is 20.4. The van der Waals surface area contributed by atoms with Crippen molar-refractivity contribution in [3.05, 3.63) is 5.01 Å². The number of alkyl halides is 3. The van der Waals surface area contributed by atoms with Crippen LogP contribution in [0.25, 0.3) is 0 Å². The Balaban J connectivity index is 2.05. The number of aromatic nitrogens is 2. The fourth-order valence-corrected chi connectivity index (χ4v) is 3.17. The summed E-state index contributed by atoms with van der Waals surface area (Å²) in [6.07, 6.45) is -0.270. The van der Waals surface area contributed by atoms with Crippen molar-refractivity contribution in [3.63, 3.8) is 0 Å². The van der Waals surface area contributed by atoms with Crippen LogP contribution in [0, 0.1) is 0 Å². The monoisotopic (exact) mass is 308 g/mol. The number of nitrogens with zero attached hydrogens (tertiary/aromatic N) is 3. The second kappa shape index (κ2) is 6.71. The molecule has 20 heavy (non-hydrogen) atoms. The van der Waals surface area contributed by atoms with Gasteiger partial charge < -0.3 is 10.2 Å². The molecule has 2 heterocycles. The first-order valence-corrected chi connectivity index (χ1v) is 7.72. The second-order valence-corrected chi connectivity index (χ2v) is 5.89. The summed E-state index contributed by atoms with van der Waals surface area (Å²) in [5.41, 5.74) is 0. The molecule has 1 saturated heterocycles. The van der Waals surface area contributed by atoms with Gasteiger partial charge in [-0.2, -0.15) is 13.2 Å².